The van der Waals surface area contributed by atoms with E-state index in [0.717, 1.165) is 16.5 Å². The fourth-order valence-corrected chi connectivity index (χ4v) is 2.22. The summed E-state index contributed by atoms with van der Waals surface area (Å²) in [5.74, 6) is 0.143. The minimum atomic E-state index is -0.593. The van der Waals surface area contributed by atoms with E-state index in [1.807, 2.05) is 25.1 Å². The van der Waals surface area contributed by atoms with E-state index in [1.165, 1.54) is 6.26 Å². The van der Waals surface area contributed by atoms with E-state index in [4.69, 9.17) is 4.42 Å². The Balaban J connectivity index is 1.88. The molecule has 0 saturated heterocycles. The lowest BCUT2D eigenvalue weighted by Gasteiger charge is -2.12. The van der Waals surface area contributed by atoms with Gasteiger partial charge < -0.3 is 14.8 Å². The van der Waals surface area contributed by atoms with Gasteiger partial charge in [-0.3, -0.25) is 9.89 Å². The number of aryl methyl sites for hydroxylation is 1. The van der Waals surface area contributed by atoms with Gasteiger partial charge in [0.15, 0.2) is 5.69 Å². The second-order valence-electron chi connectivity index (χ2n) is 4.85. The number of hydrogen-bond acceptors (Lipinski definition) is 4. The highest BCUT2D eigenvalue weighted by molar-refractivity contribution is 6.04. The lowest BCUT2D eigenvalue weighted by molar-refractivity contribution is 0.0904. The fourth-order valence-electron chi connectivity index (χ4n) is 2.22. The summed E-state index contributed by atoms with van der Waals surface area (Å²) in [4.78, 5) is 12.3. The van der Waals surface area contributed by atoms with Crippen LogP contribution in [-0.4, -0.2) is 27.8 Å². The molecule has 6 heteroatoms. The Morgan fingerprint density at radius 3 is 3.05 bits per heavy atom. The first-order valence-electron chi connectivity index (χ1n) is 6.59. The summed E-state index contributed by atoms with van der Waals surface area (Å²) >= 11 is 0. The number of hydrogen-bond donors (Lipinski definition) is 3. The molecule has 2 aromatic heterocycles. The van der Waals surface area contributed by atoms with Crippen LogP contribution >= 0.6 is 0 Å². The predicted octanol–water partition coefficient (Wildman–Crippen LogP) is 1.93. The van der Waals surface area contributed by atoms with Gasteiger partial charge in [0.25, 0.3) is 5.91 Å². The monoisotopic (exact) mass is 285 g/mol. The first-order chi connectivity index (χ1) is 10.2. The summed E-state index contributed by atoms with van der Waals surface area (Å²) in [6.07, 6.45) is 1.50. The van der Waals surface area contributed by atoms with Crippen LogP contribution in [-0.2, 0) is 0 Å². The number of aliphatic hydroxyl groups excluding tert-OH is 1. The van der Waals surface area contributed by atoms with Gasteiger partial charge in [-0.15, -0.1) is 0 Å². The highest BCUT2D eigenvalue weighted by Crippen LogP contribution is 2.19. The lowest BCUT2D eigenvalue weighted by atomic mass is 10.1. The predicted molar refractivity (Wildman–Crippen MR) is 76.8 cm³/mol. The van der Waals surface area contributed by atoms with Crippen molar-refractivity contribution in [1.29, 1.82) is 0 Å². The van der Waals surface area contributed by atoms with Gasteiger partial charge in [-0.05, 0) is 31.2 Å². The van der Waals surface area contributed by atoms with Crippen molar-refractivity contribution < 1.29 is 14.3 Å². The number of amides is 1. The summed E-state index contributed by atoms with van der Waals surface area (Å²) in [5.41, 5.74) is 2.14. The summed E-state index contributed by atoms with van der Waals surface area (Å²) in [6.45, 7) is 1.70. The van der Waals surface area contributed by atoms with Crippen molar-refractivity contribution >= 4 is 16.8 Å². The molecule has 3 rings (SSSR count). The average Bonchev–Trinajstić information content (AvgIpc) is 3.13. The third-order valence-corrected chi connectivity index (χ3v) is 3.31. The minimum Gasteiger partial charge on any atom is -0.467 e. The second kappa shape index (κ2) is 5.41. The highest BCUT2D eigenvalue weighted by atomic mass is 16.3. The quantitative estimate of drug-likeness (QED) is 0.683. The van der Waals surface area contributed by atoms with E-state index in [-0.39, 0.29) is 12.5 Å². The third-order valence-electron chi connectivity index (χ3n) is 3.31. The number of carbonyl (C=O) groups is 1. The van der Waals surface area contributed by atoms with E-state index in [1.54, 1.807) is 12.1 Å². The highest BCUT2D eigenvalue weighted by Gasteiger charge is 2.20. The van der Waals surface area contributed by atoms with E-state index in [9.17, 15) is 9.90 Å². The molecule has 21 heavy (non-hydrogen) atoms. The number of aliphatic hydroxyl groups is 1. The number of furan rings is 1. The Hall–Kier alpha value is -2.60. The molecule has 0 aliphatic heterocycles. The maximum Gasteiger partial charge on any atom is 0.273 e. The molecule has 1 aromatic carbocycles. The first kappa shape index (κ1) is 13.4. The largest absolute Gasteiger partial charge is 0.467 e. The van der Waals surface area contributed by atoms with Gasteiger partial charge in [0.1, 0.15) is 11.8 Å². The van der Waals surface area contributed by atoms with E-state index in [2.05, 4.69) is 15.5 Å². The second-order valence-corrected chi connectivity index (χ2v) is 4.85. The third kappa shape index (κ3) is 2.53. The molecular formula is C15H15N3O3. The number of H-pyrrole nitrogens is 1. The van der Waals surface area contributed by atoms with Gasteiger partial charge in [0, 0.05) is 5.39 Å². The number of carbonyl (C=O) groups excluding carboxylic acids is 1. The fraction of sp³-hybridized carbons (Fsp3) is 0.200. The molecule has 0 fully saturated rings. The van der Waals surface area contributed by atoms with Crippen molar-refractivity contribution in [1.82, 2.24) is 15.5 Å². The van der Waals surface area contributed by atoms with Crippen molar-refractivity contribution in [2.75, 3.05) is 6.61 Å². The van der Waals surface area contributed by atoms with Crippen molar-refractivity contribution in [3.8, 4) is 0 Å². The number of nitrogens with zero attached hydrogens (tertiary/aromatic N) is 1. The Morgan fingerprint density at radius 1 is 1.48 bits per heavy atom. The summed E-state index contributed by atoms with van der Waals surface area (Å²) < 4.78 is 5.21. The SMILES string of the molecule is Cc1ccc2[nH]nc(C(=O)NC(CO)c3ccco3)c2c1. The maximum atomic E-state index is 12.3. The van der Waals surface area contributed by atoms with Gasteiger partial charge in [-0.1, -0.05) is 11.6 Å². The molecule has 0 spiro atoms. The molecule has 0 aliphatic carbocycles. The van der Waals surface area contributed by atoms with Gasteiger partial charge in [-0.25, -0.2) is 0 Å². The zero-order chi connectivity index (χ0) is 14.8. The number of nitrogens with one attached hydrogen (secondary N) is 2. The Kier molecular flexibility index (Phi) is 3.45. The minimum absolute atomic E-state index is 0.249. The molecule has 1 atom stereocenters. The van der Waals surface area contributed by atoms with E-state index < -0.39 is 6.04 Å². The standard InChI is InChI=1S/C15H15N3O3/c1-9-4-5-11-10(7-9)14(18-17-11)15(20)16-12(8-19)13-3-2-6-21-13/h2-7,12,19H,8H2,1H3,(H,16,20)(H,17,18). The van der Waals surface area contributed by atoms with Crippen molar-refractivity contribution in [3.05, 3.63) is 53.6 Å². The summed E-state index contributed by atoms with van der Waals surface area (Å²) in [6, 6.07) is 8.54. The molecular weight excluding hydrogens is 270 g/mol. The van der Waals surface area contributed by atoms with E-state index >= 15 is 0 Å². The summed E-state index contributed by atoms with van der Waals surface area (Å²) in [7, 11) is 0. The smallest absolute Gasteiger partial charge is 0.273 e. The molecule has 6 nitrogen and oxygen atoms in total. The molecule has 3 N–H and O–H groups in total. The van der Waals surface area contributed by atoms with Crippen molar-refractivity contribution in [3.63, 3.8) is 0 Å². The molecule has 0 radical (unpaired) electrons. The number of fused-ring (bicyclic) bond motifs is 1. The van der Waals surface area contributed by atoms with Crippen LogP contribution in [0.3, 0.4) is 0 Å². The molecule has 2 heterocycles. The molecule has 0 bridgehead atoms. The molecule has 0 aliphatic rings. The summed E-state index contributed by atoms with van der Waals surface area (Å²) in [5, 5.41) is 19.8. The van der Waals surface area contributed by atoms with E-state index in [0.29, 0.717) is 11.5 Å². The van der Waals surface area contributed by atoms with Crippen LogP contribution in [0.1, 0.15) is 27.9 Å². The van der Waals surface area contributed by atoms with Crippen molar-refractivity contribution in [2.24, 2.45) is 0 Å². The number of aromatic amines is 1. The number of benzene rings is 1. The Labute approximate surface area is 120 Å². The number of rotatable bonds is 4. The van der Waals surface area contributed by atoms with Crippen LogP contribution in [0.4, 0.5) is 0 Å². The zero-order valence-corrected chi connectivity index (χ0v) is 11.5. The van der Waals surface area contributed by atoms with Crippen LogP contribution < -0.4 is 5.32 Å². The zero-order valence-electron chi connectivity index (χ0n) is 11.5. The van der Waals surface area contributed by atoms with Crippen LogP contribution in [0, 0.1) is 6.92 Å². The normalized spacial score (nSPS) is 12.5. The first-order valence-corrected chi connectivity index (χ1v) is 6.59. The lowest BCUT2D eigenvalue weighted by Crippen LogP contribution is -2.30. The molecule has 1 amide bonds. The van der Waals surface area contributed by atoms with Gasteiger partial charge in [0.05, 0.1) is 18.4 Å². The molecule has 3 aromatic rings. The van der Waals surface area contributed by atoms with Crippen LogP contribution in [0.25, 0.3) is 10.9 Å². The van der Waals surface area contributed by atoms with Gasteiger partial charge >= 0.3 is 0 Å². The number of aromatic nitrogens is 2. The van der Waals surface area contributed by atoms with Gasteiger partial charge in [0.2, 0.25) is 0 Å². The molecule has 108 valence electrons. The molecule has 0 saturated carbocycles. The van der Waals surface area contributed by atoms with Crippen LogP contribution in [0.15, 0.2) is 41.0 Å². The molecule has 1 unspecified atom stereocenters. The van der Waals surface area contributed by atoms with Gasteiger partial charge in [-0.2, -0.15) is 5.10 Å². The van der Waals surface area contributed by atoms with Crippen molar-refractivity contribution in [2.45, 2.75) is 13.0 Å². The van der Waals surface area contributed by atoms with Crippen LogP contribution in [0.2, 0.25) is 0 Å². The topological polar surface area (TPSA) is 91.2 Å². The Morgan fingerprint density at radius 2 is 2.33 bits per heavy atom. The van der Waals surface area contributed by atoms with Crippen LogP contribution in [0.5, 0.6) is 0 Å². The maximum absolute atomic E-state index is 12.3. The Bertz CT molecular complexity index is 762. The average molecular weight is 285 g/mol.